The van der Waals surface area contributed by atoms with Crippen LogP contribution < -0.4 is 0 Å². The van der Waals surface area contributed by atoms with Crippen molar-refractivity contribution in [3.63, 3.8) is 0 Å². The number of esters is 2. The van der Waals surface area contributed by atoms with Gasteiger partial charge in [0.25, 0.3) is 0 Å². The number of hydrogen-bond donors (Lipinski definition) is 2. The van der Waals surface area contributed by atoms with Crippen LogP contribution in [0.1, 0.15) is 181 Å². The van der Waals surface area contributed by atoms with Crippen LogP contribution in [0, 0.1) is 0 Å². The molecule has 0 radical (unpaired) electrons. The fourth-order valence-electron chi connectivity index (χ4n) is 6.29. The van der Waals surface area contributed by atoms with E-state index in [0.29, 0.717) is 30.8 Å². The first-order valence-electron chi connectivity index (χ1n) is 19.0. The van der Waals surface area contributed by atoms with Gasteiger partial charge in [0.15, 0.2) is 0 Å². The normalized spacial score (nSPS) is 13.3. The van der Waals surface area contributed by atoms with Gasteiger partial charge in [-0.15, -0.1) is 0 Å². The topological polar surface area (TPSA) is 93.1 Å². The van der Waals surface area contributed by atoms with Crippen LogP contribution >= 0.6 is 0 Å². The van der Waals surface area contributed by atoms with Gasteiger partial charge < -0.3 is 19.7 Å². The number of carbonyl (C=O) groups excluding carboxylic acids is 2. The minimum absolute atomic E-state index is 0.0388. The SMILES string of the molecule is CCCCCCCCC(COC(=O)CCc1cc(C(C)(C)C)c(O)c(C(C)(C)C)c1)OC(=O)CCc1cc(C(C)(C)C)c(O)c(C(C)(C)C)c1. The highest BCUT2D eigenvalue weighted by Crippen LogP contribution is 2.41. The fourth-order valence-corrected chi connectivity index (χ4v) is 6.29. The van der Waals surface area contributed by atoms with Crippen molar-refractivity contribution < 1.29 is 29.3 Å². The van der Waals surface area contributed by atoms with Crippen molar-refractivity contribution in [2.75, 3.05) is 6.61 Å². The maximum atomic E-state index is 13.2. The Bertz CT molecular complexity index is 1340. The first-order chi connectivity index (χ1) is 22.9. The van der Waals surface area contributed by atoms with E-state index in [0.717, 1.165) is 52.6 Å². The molecule has 0 saturated carbocycles. The zero-order valence-corrected chi connectivity index (χ0v) is 33.9. The highest BCUT2D eigenvalue weighted by atomic mass is 16.6. The lowest BCUT2D eigenvalue weighted by Gasteiger charge is -2.28. The van der Waals surface area contributed by atoms with Crippen molar-refractivity contribution >= 4 is 11.9 Å². The molecule has 0 aliphatic rings. The van der Waals surface area contributed by atoms with Crippen LogP contribution in [0.25, 0.3) is 0 Å². The molecule has 282 valence electrons. The Kier molecular flexibility index (Phi) is 15.5. The molecule has 1 unspecified atom stereocenters. The number of phenols is 2. The molecule has 50 heavy (non-hydrogen) atoms. The van der Waals surface area contributed by atoms with E-state index in [4.69, 9.17) is 9.47 Å². The molecule has 0 heterocycles. The van der Waals surface area contributed by atoms with Crippen molar-refractivity contribution in [3.05, 3.63) is 57.6 Å². The largest absolute Gasteiger partial charge is 0.507 e. The van der Waals surface area contributed by atoms with E-state index < -0.39 is 6.10 Å². The molecule has 0 aliphatic heterocycles. The van der Waals surface area contributed by atoms with Crippen molar-refractivity contribution in [2.24, 2.45) is 0 Å². The minimum Gasteiger partial charge on any atom is -0.507 e. The van der Waals surface area contributed by atoms with Crippen LogP contribution in [0.3, 0.4) is 0 Å². The Labute approximate surface area is 304 Å². The number of aromatic hydroxyl groups is 2. The van der Waals surface area contributed by atoms with Gasteiger partial charge >= 0.3 is 11.9 Å². The predicted molar refractivity (Wildman–Crippen MR) is 206 cm³/mol. The molecule has 2 aromatic carbocycles. The molecule has 0 amide bonds. The Morgan fingerprint density at radius 2 is 0.940 bits per heavy atom. The summed E-state index contributed by atoms with van der Waals surface area (Å²) >= 11 is 0. The van der Waals surface area contributed by atoms with Gasteiger partial charge in [0.05, 0.1) is 0 Å². The van der Waals surface area contributed by atoms with Crippen LogP contribution in [-0.2, 0) is 53.6 Å². The molecule has 2 rings (SSSR count). The Morgan fingerprint density at radius 1 is 0.580 bits per heavy atom. The first kappa shape index (κ1) is 43.1. The second-order valence-corrected chi connectivity index (χ2v) is 18.4. The lowest BCUT2D eigenvalue weighted by molar-refractivity contribution is -0.159. The summed E-state index contributed by atoms with van der Waals surface area (Å²) < 4.78 is 11.7. The van der Waals surface area contributed by atoms with E-state index in [9.17, 15) is 19.8 Å². The van der Waals surface area contributed by atoms with Gasteiger partial charge in [0.1, 0.15) is 24.2 Å². The van der Waals surface area contributed by atoms with Crippen LogP contribution in [0.4, 0.5) is 0 Å². The molecular weight excluding hydrogens is 624 g/mol. The van der Waals surface area contributed by atoms with Crippen LogP contribution in [-0.4, -0.2) is 34.9 Å². The molecule has 1 atom stereocenters. The van der Waals surface area contributed by atoms with Crippen molar-refractivity contribution in [2.45, 2.75) is 188 Å². The standard InChI is InChI=1S/C44H70O6/c1-14-15-16-17-18-19-20-32(50-38(46)24-22-31-27-35(43(8,9)10)40(48)36(28-31)44(11,12)13)29-49-37(45)23-21-30-25-33(41(2,3)4)39(47)34(26-30)42(5,6)7/h25-28,32,47-48H,14-24,29H2,1-13H3. The maximum absolute atomic E-state index is 13.2. The highest BCUT2D eigenvalue weighted by molar-refractivity contribution is 5.71. The second kappa shape index (κ2) is 18.0. The second-order valence-electron chi connectivity index (χ2n) is 18.4. The average Bonchev–Trinajstić information content (AvgIpc) is 2.97. The molecule has 6 nitrogen and oxygen atoms in total. The van der Waals surface area contributed by atoms with Crippen molar-refractivity contribution in [3.8, 4) is 11.5 Å². The quantitative estimate of drug-likeness (QED) is 0.134. The summed E-state index contributed by atoms with van der Waals surface area (Å²) in [5.41, 5.74) is 4.47. The van der Waals surface area contributed by atoms with E-state index in [-0.39, 0.29) is 53.0 Å². The van der Waals surface area contributed by atoms with E-state index in [1.165, 1.54) is 19.3 Å². The van der Waals surface area contributed by atoms with Crippen LogP contribution in [0.5, 0.6) is 11.5 Å². The molecule has 0 saturated heterocycles. The van der Waals surface area contributed by atoms with Crippen LogP contribution in [0.15, 0.2) is 24.3 Å². The number of hydrogen-bond acceptors (Lipinski definition) is 6. The van der Waals surface area contributed by atoms with Gasteiger partial charge in [-0.1, -0.05) is 146 Å². The monoisotopic (exact) mass is 695 g/mol. The number of benzene rings is 2. The van der Waals surface area contributed by atoms with Gasteiger partial charge in [-0.05, 0) is 80.7 Å². The van der Waals surface area contributed by atoms with Crippen molar-refractivity contribution in [1.82, 2.24) is 0 Å². The zero-order chi connectivity index (χ0) is 38.1. The lowest BCUT2D eigenvalue weighted by atomic mass is 9.78. The number of aryl methyl sites for hydroxylation is 2. The lowest BCUT2D eigenvalue weighted by Crippen LogP contribution is -2.26. The maximum Gasteiger partial charge on any atom is 0.306 e. The number of ether oxygens (including phenoxy) is 2. The zero-order valence-electron chi connectivity index (χ0n) is 33.9. The summed E-state index contributed by atoms with van der Waals surface area (Å²) in [5, 5.41) is 22.2. The Balaban J connectivity index is 2.13. The van der Waals surface area contributed by atoms with Gasteiger partial charge in [-0.25, -0.2) is 0 Å². The van der Waals surface area contributed by atoms with E-state index in [2.05, 4.69) is 90.0 Å². The summed E-state index contributed by atoms with van der Waals surface area (Å²) in [6.45, 7) is 27.2. The van der Waals surface area contributed by atoms with E-state index >= 15 is 0 Å². The molecular formula is C44H70O6. The summed E-state index contributed by atoms with van der Waals surface area (Å²) in [6.07, 6.45) is 8.23. The average molecular weight is 695 g/mol. The van der Waals surface area contributed by atoms with E-state index in [1.807, 2.05) is 24.3 Å². The number of rotatable bonds is 16. The van der Waals surface area contributed by atoms with Gasteiger partial charge in [-0.2, -0.15) is 0 Å². The molecule has 2 N–H and O–H groups in total. The fraction of sp³-hybridized carbons (Fsp3) is 0.682. The van der Waals surface area contributed by atoms with Crippen molar-refractivity contribution in [1.29, 1.82) is 0 Å². The molecule has 0 bridgehead atoms. The van der Waals surface area contributed by atoms with Gasteiger partial charge in [0, 0.05) is 12.8 Å². The smallest absolute Gasteiger partial charge is 0.306 e. The molecule has 6 heteroatoms. The number of carbonyl (C=O) groups is 2. The first-order valence-corrected chi connectivity index (χ1v) is 19.0. The Hall–Kier alpha value is -3.02. The molecule has 0 spiro atoms. The summed E-state index contributed by atoms with van der Waals surface area (Å²) in [4.78, 5) is 26.2. The third-order valence-corrected chi connectivity index (χ3v) is 9.42. The van der Waals surface area contributed by atoms with E-state index in [1.54, 1.807) is 0 Å². The summed E-state index contributed by atoms with van der Waals surface area (Å²) in [6, 6.07) is 8.03. The van der Waals surface area contributed by atoms with Gasteiger partial charge in [0.2, 0.25) is 0 Å². The minimum atomic E-state index is -0.499. The predicted octanol–water partition coefficient (Wildman–Crippen LogP) is 11.1. The Morgan fingerprint density at radius 3 is 1.32 bits per heavy atom. The molecule has 2 aromatic rings. The van der Waals surface area contributed by atoms with Crippen LogP contribution in [0.2, 0.25) is 0 Å². The third kappa shape index (κ3) is 13.6. The number of unbranched alkanes of at least 4 members (excludes halogenated alkanes) is 5. The number of phenolic OH excluding ortho intramolecular Hbond substituents is 2. The molecule has 0 aliphatic carbocycles. The highest BCUT2D eigenvalue weighted by Gasteiger charge is 2.28. The molecule has 0 fully saturated rings. The van der Waals surface area contributed by atoms with Gasteiger partial charge in [-0.3, -0.25) is 9.59 Å². The third-order valence-electron chi connectivity index (χ3n) is 9.42. The summed E-state index contributed by atoms with van der Waals surface area (Å²) in [7, 11) is 0. The molecule has 0 aromatic heterocycles. The summed E-state index contributed by atoms with van der Waals surface area (Å²) in [5.74, 6) is 0.00986.